The molecular weight excluding hydrogens is 270 g/mol. The van der Waals surface area contributed by atoms with Gasteiger partial charge in [-0.2, -0.15) is 0 Å². The highest BCUT2D eigenvalue weighted by atomic mass is 79.9. The van der Waals surface area contributed by atoms with Gasteiger partial charge in [-0.25, -0.2) is 0 Å². The predicted octanol–water partition coefficient (Wildman–Crippen LogP) is 2.55. The first-order valence-corrected chi connectivity index (χ1v) is 6.46. The molecule has 1 aromatic rings. The Kier molecular flexibility index (Phi) is 2.77. The predicted molar refractivity (Wildman–Crippen MR) is 64.8 cm³/mol. The Hall–Kier alpha value is -0.740. The fourth-order valence-electron chi connectivity index (χ4n) is 2.25. The van der Waals surface area contributed by atoms with E-state index >= 15 is 0 Å². The highest BCUT2D eigenvalue weighted by molar-refractivity contribution is 9.10. The molecule has 86 valence electrons. The Morgan fingerprint density at radius 1 is 1.12 bits per heavy atom. The van der Waals surface area contributed by atoms with Crippen molar-refractivity contribution in [2.24, 2.45) is 5.92 Å². The van der Waals surface area contributed by atoms with E-state index in [1.165, 1.54) is 0 Å². The van der Waals surface area contributed by atoms with E-state index in [4.69, 9.17) is 9.47 Å². The van der Waals surface area contributed by atoms with Crippen LogP contribution in [0.4, 0.5) is 0 Å². The van der Waals surface area contributed by atoms with Crippen LogP contribution >= 0.6 is 15.9 Å². The summed E-state index contributed by atoms with van der Waals surface area (Å²) in [5.74, 6) is 2.23. The summed E-state index contributed by atoms with van der Waals surface area (Å²) in [7, 11) is 0. The van der Waals surface area contributed by atoms with E-state index in [1.807, 2.05) is 18.2 Å². The summed E-state index contributed by atoms with van der Waals surface area (Å²) >= 11 is 3.44. The van der Waals surface area contributed by atoms with E-state index in [2.05, 4.69) is 21.2 Å². The molecule has 0 amide bonds. The fourth-order valence-corrected chi connectivity index (χ4v) is 2.59. The molecule has 2 heterocycles. The molecule has 1 aromatic carbocycles. The minimum absolute atomic E-state index is 0.0913. The normalized spacial score (nSPS) is 24.7. The topological polar surface area (TPSA) is 30.5 Å². The molecule has 0 bridgehead atoms. The van der Waals surface area contributed by atoms with Gasteiger partial charge in [0, 0.05) is 10.4 Å². The first-order valence-electron chi connectivity index (χ1n) is 5.66. The van der Waals surface area contributed by atoms with E-state index in [0.717, 1.165) is 41.9 Å². The standard InChI is InChI=1S/C12H14BrNO2/c13-9-1-2-10-11(7-9)16-12(15-10)8-3-5-14-6-4-8/h1-2,7-8,12,14H,3-6H2. The number of rotatable bonds is 1. The molecule has 1 fully saturated rings. The van der Waals surface area contributed by atoms with Crippen molar-refractivity contribution < 1.29 is 9.47 Å². The average Bonchev–Trinajstić information content (AvgIpc) is 2.73. The summed E-state index contributed by atoms with van der Waals surface area (Å²) in [4.78, 5) is 0. The van der Waals surface area contributed by atoms with Crippen molar-refractivity contribution in [3.8, 4) is 11.5 Å². The summed E-state index contributed by atoms with van der Waals surface area (Å²) in [6.07, 6.45) is 2.16. The third-order valence-electron chi connectivity index (χ3n) is 3.16. The van der Waals surface area contributed by atoms with Crippen LogP contribution in [0.2, 0.25) is 0 Å². The molecule has 1 saturated heterocycles. The molecule has 3 rings (SSSR count). The van der Waals surface area contributed by atoms with Gasteiger partial charge in [-0.3, -0.25) is 0 Å². The highest BCUT2D eigenvalue weighted by Gasteiger charge is 2.32. The summed E-state index contributed by atoms with van der Waals surface area (Å²) in [5, 5.41) is 3.35. The number of ether oxygens (including phenoxy) is 2. The van der Waals surface area contributed by atoms with Crippen molar-refractivity contribution >= 4 is 15.9 Å². The molecule has 0 saturated carbocycles. The van der Waals surface area contributed by atoms with Gasteiger partial charge in [-0.05, 0) is 44.1 Å². The Morgan fingerprint density at radius 2 is 1.88 bits per heavy atom. The Morgan fingerprint density at radius 3 is 2.69 bits per heavy atom. The molecule has 0 aromatic heterocycles. The average molecular weight is 284 g/mol. The van der Waals surface area contributed by atoms with E-state index in [9.17, 15) is 0 Å². The number of hydrogen-bond donors (Lipinski definition) is 1. The number of halogens is 1. The van der Waals surface area contributed by atoms with Gasteiger partial charge in [0.1, 0.15) is 0 Å². The summed E-state index contributed by atoms with van der Waals surface area (Å²) in [5.41, 5.74) is 0. The van der Waals surface area contributed by atoms with Gasteiger partial charge >= 0.3 is 0 Å². The lowest BCUT2D eigenvalue weighted by Gasteiger charge is -2.26. The minimum atomic E-state index is -0.0913. The fraction of sp³-hybridized carbons (Fsp3) is 0.500. The van der Waals surface area contributed by atoms with Crippen molar-refractivity contribution in [2.75, 3.05) is 13.1 Å². The van der Waals surface area contributed by atoms with E-state index < -0.39 is 0 Å². The molecule has 0 radical (unpaired) electrons. The molecule has 1 atom stereocenters. The monoisotopic (exact) mass is 283 g/mol. The maximum absolute atomic E-state index is 5.85. The largest absolute Gasteiger partial charge is 0.451 e. The quantitative estimate of drug-likeness (QED) is 0.859. The lowest BCUT2D eigenvalue weighted by molar-refractivity contribution is -0.0149. The zero-order chi connectivity index (χ0) is 11.0. The van der Waals surface area contributed by atoms with Gasteiger partial charge in [0.2, 0.25) is 6.29 Å². The van der Waals surface area contributed by atoms with E-state index in [1.54, 1.807) is 0 Å². The smallest absolute Gasteiger partial charge is 0.244 e. The van der Waals surface area contributed by atoms with Crippen LogP contribution in [0.3, 0.4) is 0 Å². The van der Waals surface area contributed by atoms with Crippen molar-refractivity contribution in [2.45, 2.75) is 19.1 Å². The molecule has 1 N–H and O–H groups in total. The number of fused-ring (bicyclic) bond motifs is 1. The first-order chi connectivity index (χ1) is 7.83. The molecule has 2 aliphatic heterocycles. The van der Waals surface area contributed by atoms with Crippen LogP contribution in [-0.4, -0.2) is 19.4 Å². The molecule has 1 unspecified atom stereocenters. The second-order valence-corrected chi connectivity index (χ2v) is 5.20. The van der Waals surface area contributed by atoms with Crippen molar-refractivity contribution in [1.82, 2.24) is 5.32 Å². The molecule has 16 heavy (non-hydrogen) atoms. The third kappa shape index (κ3) is 1.92. The lowest BCUT2D eigenvalue weighted by atomic mass is 9.98. The van der Waals surface area contributed by atoms with Crippen LogP contribution in [0, 0.1) is 5.92 Å². The number of hydrogen-bond acceptors (Lipinski definition) is 3. The van der Waals surface area contributed by atoms with Gasteiger partial charge in [0.05, 0.1) is 0 Å². The van der Waals surface area contributed by atoms with Gasteiger partial charge in [0.15, 0.2) is 11.5 Å². The van der Waals surface area contributed by atoms with Crippen molar-refractivity contribution in [1.29, 1.82) is 0 Å². The zero-order valence-corrected chi connectivity index (χ0v) is 10.5. The van der Waals surface area contributed by atoms with Crippen molar-refractivity contribution in [3.05, 3.63) is 22.7 Å². The maximum atomic E-state index is 5.85. The first kappa shape index (κ1) is 10.4. The van der Waals surface area contributed by atoms with Gasteiger partial charge in [-0.15, -0.1) is 0 Å². The van der Waals surface area contributed by atoms with Crippen LogP contribution in [0.15, 0.2) is 22.7 Å². The number of nitrogens with one attached hydrogen (secondary N) is 1. The second kappa shape index (κ2) is 4.26. The van der Waals surface area contributed by atoms with Gasteiger partial charge in [0.25, 0.3) is 0 Å². The number of piperidine rings is 1. The summed E-state index contributed by atoms with van der Waals surface area (Å²) < 4.78 is 12.7. The van der Waals surface area contributed by atoms with Gasteiger partial charge in [-0.1, -0.05) is 15.9 Å². The maximum Gasteiger partial charge on any atom is 0.244 e. The van der Waals surface area contributed by atoms with Crippen LogP contribution in [0.25, 0.3) is 0 Å². The van der Waals surface area contributed by atoms with Crippen LogP contribution in [0.1, 0.15) is 12.8 Å². The molecule has 2 aliphatic rings. The van der Waals surface area contributed by atoms with Crippen LogP contribution in [-0.2, 0) is 0 Å². The minimum Gasteiger partial charge on any atom is -0.451 e. The summed E-state index contributed by atoms with van der Waals surface area (Å²) in [6, 6.07) is 5.91. The van der Waals surface area contributed by atoms with Crippen molar-refractivity contribution in [3.63, 3.8) is 0 Å². The third-order valence-corrected chi connectivity index (χ3v) is 3.65. The zero-order valence-electron chi connectivity index (χ0n) is 8.91. The molecule has 0 spiro atoms. The van der Waals surface area contributed by atoms with Gasteiger partial charge < -0.3 is 14.8 Å². The molecule has 4 heteroatoms. The SMILES string of the molecule is Brc1ccc2c(c1)OC(C1CCNCC1)O2. The highest BCUT2D eigenvalue weighted by Crippen LogP contribution is 2.39. The van der Waals surface area contributed by atoms with Crippen LogP contribution in [0.5, 0.6) is 11.5 Å². The van der Waals surface area contributed by atoms with E-state index in [-0.39, 0.29) is 6.29 Å². The van der Waals surface area contributed by atoms with E-state index in [0.29, 0.717) is 5.92 Å². The molecule has 0 aliphatic carbocycles. The summed E-state index contributed by atoms with van der Waals surface area (Å²) in [6.45, 7) is 2.13. The number of benzene rings is 1. The Labute approximate surface area is 103 Å². The molecule has 3 nitrogen and oxygen atoms in total. The Balaban J connectivity index is 1.74. The molecular formula is C12H14BrNO2. The Bertz CT molecular complexity index is 391. The lowest BCUT2D eigenvalue weighted by Crippen LogP contribution is -2.37. The second-order valence-electron chi connectivity index (χ2n) is 4.28. The van der Waals surface area contributed by atoms with Crippen LogP contribution < -0.4 is 14.8 Å².